The molecule has 8 N–H and O–H groups in total. The van der Waals surface area contributed by atoms with E-state index >= 15 is 0 Å². The van der Waals surface area contributed by atoms with E-state index in [-0.39, 0.29) is 12.8 Å². The van der Waals surface area contributed by atoms with Crippen LogP contribution in [0.3, 0.4) is 0 Å². The molecule has 14 nitrogen and oxygen atoms in total. The highest BCUT2D eigenvalue weighted by Crippen LogP contribution is 2.20. The van der Waals surface area contributed by atoms with E-state index in [1.165, 1.54) is 18.7 Å². The van der Waals surface area contributed by atoms with Gasteiger partial charge in [-0.1, -0.05) is 18.2 Å². The summed E-state index contributed by atoms with van der Waals surface area (Å²) in [5, 5.41) is 20.0. The lowest BCUT2D eigenvalue weighted by Gasteiger charge is -2.26. The lowest BCUT2D eigenvalue weighted by Crippen LogP contribution is -2.58. The molecule has 0 aliphatic rings. The molecule has 0 fully saturated rings. The Labute approximate surface area is 253 Å². The first kappa shape index (κ1) is 34.9. The number of H-pyrrole nitrogens is 1. The predicted octanol–water partition coefficient (Wildman–Crippen LogP) is 0.791. The summed E-state index contributed by atoms with van der Waals surface area (Å²) in [5.41, 5.74) is 5.91. The third kappa shape index (κ3) is 11.5. The number of ether oxygens (including phenoxy) is 1. The molecule has 0 radical (unpaired) electrons. The number of amides is 5. The normalized spacial score (nSPS) is 14.1. The minimum atomic E-state index is -1.55. The highest BCUT2D eigenvalue weighted by molar-refractivity contribution is 7.98. The van der Waals surface area contributed by atoms with Gasteiger partial charge in [-0.05, 0) is 57.8 Å². The van der Waals surface area contributed by atoms with Crippen LogP contribution in [0.5, 0.6) is 0 Å². The van der Waals surface area contributed by atoms with Crippen molar-refractivity contribution in [2.75, 3.05) is 12.0 Å². The number of aliphatic carboxylic acids is 1. The van der Waals surface area contributed by atoms with Gasteiger partial charge in [0.25, 0.3) is 0 Å². The molecule has 1 heterocycles. The molecule has 43 heavy (non-hydrogen) atoms. The summed E-state index contributed by atoms with van der Waals surface area (Å²) in [5.74, 6) is -4.24. The highest BCUT2D eigenvalue weighted by atomic mass is 32.2. The number of carbonyl (C=O) groups excluding carboxylic acids is 5. The first-order valence-electron chi connectivity index (χ1n) is 13.6. The number of hydrogen-bond donors (Lipinski definition) is 7. The Kier molecular flexibility index (Phi) is 12.8. The van der Waals surface area contributed by atoms with Gasteiger partial charge in [0, 0.05) is 23.5 Å². The topological polar surface area (TPSA) is 222 Å². The molecule has 15 heteroatoms. The van der Waals surface area contributed by atoms with Gasteiger partial charge in [-0.15, -0.1) is 0 Å². The van der Waals surface area contributed by atoms with Gasteiger partial charge in [0.2, 0.25) is 23.6 Å². The number of benzene rings is 1. The average Bonchev–Trinajstić information content (AvgIpc) is 3.31. The molecule has 0 bridgehead atoms. The lowest BCUT2D eigenvalue weighted by atomic mass is 10.0. The zero-order valence-corrected chi connectivity index (χ0v) is 25.6. The fraction of sp³-hybridized carbons (Fsp3) is 0.500. The van der Waals surface area contributed by atoms with E-state index in [1.807, 2.05) is 24.3 Å². The second kappa shape index (κ2) is 15.8. The first-order chi connectivity index (χ1) is 20.1. The predicted molar refractivity (Wildman–Crippen MR) is 161 cm³/mol. The van der Waals surface area contributed by atoms with Crippen LogP contribution in [0.4, 0.5) is 4.79 Å². The van der Waals surface area contributed by atoms with E-state index in [0.29, 0.717) is 5.75 Å². The van der Waals surface area contributed by atoms with Gasteiger partial charge in [-0.25, -0.2) is 4.79 Å². The molecular formula is C28H40N6O8S. The number of aromatic amines is 1. The van der Waals surface area contributed by atoms with Crippen molar-refractivity contribution in [2.45, 2.75) is 76.7 Å². The summed E-state index contributed by atoms with van der Waals surface area (Å²) in [6, 6.07) is 2.41. The van der Waals surface area contributed by atoms with E-state index < -0.39 is 71.9 Å². The Hall–Kier alpha value is -4.27. The SMILES string of the molecule is CSCC[C@H](NC(=O)[C@H](Cc1c[nH]c2ccccc12)NC(=O)OC(C)(C)C)C(=O)N[C@@H](CC(=O)O)C(=O)N[C@H](C)C(N)=O. The number of carbonyl (C=O) groups is 6. The zero-order chi connectivity index (χ0) is 32.3. The standard InChI is InChI=1S/C28H40N6O8S/c1-15(23(29)37)31-25(39)21(13-22(35)36)33-24(38)19(10-11-43-5)32-26(40)20(34-27(41)42-28(2,3)4)12-16-14-30-18-9-7-6-8-17(16)18/h6-9,14-15,19-21,30H,10-13H2,1-5H3,(H2,29,37)(H,31,39)(H,32,40)(H,33,38)(H,34,41)(H,35,36)/t15-,19+,20+,21+/m1/s1. The Morgan fingerprint density at radius 3 is 2.16 bits per heavy atom. The van der Waals surface area contributed by atoms with Crippen LogP contribution in [0.1, 0.15) is 46.1 Å². The second-order valence-corrected chi connectivity index (χ2v) is 11.9. The van der Waals surface area contributed by atoms with Crippen molar-refractivity contribution in [3.05, 3.63) is 36.0 Å². The van der Waals surface area contributed by atoms with Crippen LogP contribution in [0.15, 0.2) is 30.5 Å². The maximum atomic E-state index is 13.6. The highest BCUT2D eigenvalue weighted by Gasteiger charge is 2.32. The van der Waals surface area contributed by atoms with Crippen LogP contribution in [-0.2, 0) is 35.1 Å². The average molecular weight is 621 g/mol. The number of para-hydroxylation sites is 1. The smallest absolute Gasteiger partial charge is 0.408 e. The number of aromatic nitrogens is 1. The monoisotopic (exact) mass is 620 g/mol. The molecule has 0 spiro atoms. The molecule has 0 saturated carbocycles. The number of carboxylic acid groups (broad SMARTS) is 1. The van der Waals surface area contributed by atoms with Crippen molar-refractivity contribution >= 4 is 58.4 Å². The van der Waals surface area contributed by atoms with Crippen LogP contribution >= 0.6 is 11.8 Å². The van der Waals surface area contributed by atoms with Crippen LogP contribution in [0.25, 0.3) is 10.9 Å². The van der Waals surface area contributed by atoms with Crippen molar-refractivity contribution in [3.63, 3.8) is 0 Å². The van der Waals surface area contributed by atoms with Crippen LogP contribution in [0.2, 0.25) is 0 Å². The third-order valence-electron chi connectivity index (χ3n) is 6.15. The molecule has 0 aliphatic carbocycles. The van der Waals surface area contributed by atoms with Crippen molar-refractivity contribution < 1.29 is 38.6 Å². The van der Waals surface area contributed by atoms with Crippen LogP contribution < -0.4 is 27.0 Å². The van der Waals surface area contributed by atoms with Gasteiger partial charge in [0.05, 0.1) is 6.42 Å². The number of primary amides is 1. The maximum absolute atomic E-state index is 13.6. The number of nitrogens with two attached hydrogens (primary N) is 1. The maximum Gasteiger partial charge on any atom is 0.408 e. The minimum absolute atomic E-state index is 0.0566. The molecule has 236 valence electrons. The van der Waals surface area contributed by atoms with E-state index in [1.54, 1.807) is 33.2 Å². The Morgan fingerprint density at radius 2 is 1.56 bits per heavy atom. The molecule has 0 unspecified atom stereocenters. The molecule has 4 atom stereocenters. The van der Waals surface area contributed by atoms with Gasteiger partial charge in [0.1, 0.15) is 29.8 Å². The first-order valence-corrected chi connectivity index (χ1v) is 15.0. The number of alkyl carbamates (subject to hydrolysis) is 1. The van der Waals surface area contributed by atoms with Gasteiger partial charge in [-0.3, -0.25) is 24.0 Å². The minimum Gasteiger partial charge on any atom is -0.481 e. The van der Waals surface area contributed by atoms with Gasteiger partial charge >= 0.3 is 12.1 Å². The summed E-state index contributed by atoms with van der Waals surface area (Å²) >= 11 is 1.40. The molecule has 2 rings (SSSR count). The number of fused-ring (bicyclic) bond motifs is 1. The number of carboxylic acids is 1. The quantitative estimate of drug-likeness (QED) is 0.149. The summed E-state index contributed by atoms with van der Waals surface area (Å²) in [4.78, 5) is 78.2. The summed E-state index contributed by atoms with van der Waals surface area (Å²) < 4.78 is 5.35. The number of rotatable bonds is 15. The van der Waals surface area contributed by atoms with Crippen molar-refractivity contribution in [1.82, 2.24) is 26.3 Å². The van der Waals surface area contributed by atoms with Crippen molar-refractivity contribution in [3.8, 4) is 0 Å². The molecular weight excluding hydrogens is 580 g/mol. The number of nitrogens with one attached hydrogen (secondary N) is 5. The Morgan fingerprint density at radius 1 is 0.953 bits per heavy atom. The van der Waals surface area contributed by atoms with Crippen molar-refractivity contribution in [1.29, 1.82) is 0 Å². The fourth-order valence-electron chi connectivity index (χ4n) is 4.00. The largest absolute Gasteiger partial charge is 0.481 e. The third-order valence-corrected chi connectivity index (χ3v) is 6.79. The summed E-state index contributed by atoms with van der Waals surface area (Å²) in [6.07, 6.45) is 2.09. The van der Waals surface area contributed by atoms with Gasteiger partial charge < -0.3 is 41.8 Å². The van der Waals surface area contributed by atoms with Crippen LogP contribution in [0, 0.1) is 0 Å². The van der Waals surface area contributed by atoms with E-state index in [0.717, 1.165) is 16.5 Å². The number of thioether (sulfide) groups is 1. The second-order valence-electron chi connectivity index (χ2n) is 10.9. The molecule has 0 aliphatic heterocycles. The van der Waals surface area contributed by atoms with E-state index in [2.05, 4.69) is 26.3 Å². The van der Waals surface area contributed by atoms with E-state index in [4.69, 9.17) is 10.5 Å². The fourth-order valence-corrected chi connectivity index (χ4v) is 4.47. The Balaban J connectivity index is 2.30. The molecule has 5 amide bonds. The van der Waals surface area contributed by atoms with E-state index in [9.17, 15) is 33.9 Å². The van der Waals surface area contributed by atoms with Gasteiger partial charge in [0.15, 0.2) is 0 Å². The Bertz CT molecular complexity index is 1320. The number of hydrogen-bond acceptors (Lipinski definition) is 8. The summed E-state index contributed by atoms with van der Waals surface area (Å²) in [6.45, 7) is 6.35. The zero-order valence-electron chi connectivity index (χ0n) is 24.8. The van der Waals surface area contributed by atoms with Crippen molar-refractivity contribution in [2.24, 2.45) is 5.73 Å². The summed E-state index contributed by atoms with van der Waals surface area (Å²) in [7, 11) is 0. The molecule has 1 aromatic heterocycles. The molecule has 0 saturated heterocycles. The van der Waals surface area contributed by atoms with Gasteiger partial charge in [-0.2, -0.15) is 11.8 Å². The lowest BCUT2D eigenvalue weighted by molar-refractivity contribution is -0.141. The van der Waals surface area contributed by atoms with Crippen LogP contribution in [-0.4, -0.2) is 87.6 Å². The molecule has 2 aromatic rings. The molecule has 1 aromatic carbocycles.